The summed E-state index contributed by atoms with van der Waals surface area (Å²) in [5, 5.41) is 6.01. The number of likely N-dealkylation sites (N-methyl/N-ethyl adjacent to an activating group) is 1. The first-order chi connectivity index (χ1) is 11.2. The molecule has 0 saturated carbocycles. The van der Waals surface area contributed by atoms with Crippen LogP contribution in [0.15, 0.2) is 23.5 Å². The van der Waals surface area contributed by atoms with Gasteiger partial charge in [-0.25, -0.2) is 15.0 Å². The maximum absolute atomic E-state index is 11.6. The van der Waals surface area contributed by atoms with Gasteiger partial charge in [0.2, 0.25) is 11.9 Å². The standard InChI is InChI=1S/C15H25N7O/c1-3-16-13(23)12-20-14(17-4-2)21-8-10-22(11-9-21)15-18-6-5-7-19-15/h5-7H,3-4,8-12H2,1-2H3,(H,16,23)(H,17,20). The lowest BCUT2D eigenvalue weighted by Gasteiger charge is -2.36. The van der Waals surface area contributed by atoms with Crippen molar-refractivity contribution in [3.8, 4) is 0 Å². The number of carbonyl (C=O) groups excluding carboxylic acids is 1. The Hall–Kier alpha value is -2.38. The van der Waals surface area contributed by atoms with Crippen molar-refractivity contribution in [2.24, 2.45) is 4.99 Å². The Morgan fingerprint density at radius 3 is 2.39 bits per heavy atom. The highest BCUT2D eigenvalue weighted by atomic mass is 16.1. The molecule has 126 valence electrons. The number of aromatic nitrogens is 2. The zero-order valence-corrected chi connectivity index (χ0v) is 13.8. The van der Waals surface area contributed by atoms with Crippen LogP contribution >= 0.6 is 0 Å². The first kappa shape index (κ1) is 17.0. The Kier molecular flexibility index (Phi) is 6.58. The van der Waals surface area contributed by atoms with Crippen molar-refractivity contribution < 1.29 is 4.79 Å². The molecule has 8 nitrogen and oxygen atoms in total. The van der Waals surface area contributed by atoms with Crippen LogP contribution in [0.2, 0.25) is 0 Å². The number of hydrogen-bond donors (Lipinski definition) is 2. The van der Waals surface area contributed by atoms with Crippen molar-refractivity contribution in [2.75, 3.05) is 50.7 Å². The highest BCUT2D eigenvalue weighted by molar-refractivity contribution is 5.85. The lowest BCUT2D eigenvalue weighted by Crippen LogP contribution is -2.53. The average Bonchev–Trinajstić information content (AvgIpc) is 2.60. The van der Waals surface area contributed by atoms with Gasteiger partial charge in [-0.3, -0.25) is 4.79 Å². The lowest BCUT2D eigenvalue weighted by molar-refractivity contribution is -0.119. The van der Waals surface area contributed by atoms with Crippen LogP contribution in [0.25, 0.3) is 0 Å². The summed E-state index contributed by atoms with van der Waals surface area (Å²) < 4.78 is 0. The second-order valence-corrected chi connectivity index (χ2v) is 5.15. The molecule has 0 atom stereocenters. The van der Waals surface area contributed by atoms with Crippen LogP contribution in [0.4, 0.5) is 5.95 Å². The molecule has 0 aliphatic carbocycles. The maximum atomic E-state index is 11.6. The number of aliphatic imine (C=N–C) groups is 1. The van der Waals surface area contributed by atoms with Crippen LogP contribution in [0.3, 0.4) is 0 Å². The number of nitrogens with one attached hydrogen (secondary N) is 2. The van der Waals surface area contributed by atoms with Crippen LogP contribution in [0, 0.1) is 0 Å². The fourth-order valence-electron chi connectivity index (χ4n) is 2.40. The van der Waals surface area contributed by atoms with E-state index >= 15 is 0 Å². The van der Waals surface area contributed by atoms with Gasteiger partial charge in [0.1, 0.15) is 6.54 Å². The summed E-state index contributed by atoms with van der Waals surface area (Å²) in [6, 6.07) is 1.82. The first-order valence-electron chi connectivity index (χ1n) is 8.06. The van der Waals surface area contributed by atoms with E-state index in [0.717, 1.165) is 44.6 Å². The molecule has 2 rings (SSSR count). The highest BCUT2D eigenvalue weighted by Crippen LogP contribution is 2.09. The second kappa shape index (κ2) is 8.92. The number of guanidine groups is 1. The second-order valence-electron chi connectivity index (χ2n) is 5.15. The summed E-state index contributed by atoms with van der Waals surface area (Å²) in [6.07, 6.45) is 3.51. The monoisotopic (exact) mass is 319 g/mol. The van der Waals surface area contributed by atoms with Gasteiger partial charge in [-0.05, 0) is 19.9 Å². The lowest BCUT2D eigenvalue weighted by atomic mass is 10.3. The van der Waals surface area contributed by atoms with Crippen molar-refractivity contribution >= 4 is 17.8 Å². The molecule has 1 aliphatic rings. The van der Waals surface area contributed by atoms with Gasteiger partial charge in [0.05, 0.1) is 0 Å². The fraction of sp³-hybridized carbons (Fsp3) is 0.600. The number of rotatable bonds is 5. The Bertz CT molecular complexity index is 512. The van der Waals surface area contributed by atoms with Crippen molar-refractivity contribution in [3.05, 3.63) is 18.5 Å². The minimum atomic E-state index is -0.0563. The molecule has 0 aromatic carbocycles. The van der Waals surface area contributed by atoms with E-state index in [1.165, 1.54) is 0 Å². The third kappa shape index (κ3) is 5.08. The molecule has 2 heterocycles. The molecule has 1 amide bonds. The Balaban J connectivity index is 1.92. The van der Waals surface area contributed by atoms with Crippen LogP contribution in [0.5, 0.6) is 0 Å². The fourth-order valence-corrected chi connectivity index (χ4v) is 2.40. The number of carbonyl (C=O) groups is 1. The molecule has 23 heavy (non-hydrogen) atoms. The zero-order chi connectivity index (χ0) is 16.5. The van der Waals surface area contributed by atoms with Gasteiger partial charge in [0.25, 0.3) is 0 Å². The Morgan fingerprint density at radius 1 is 1.13 bits per heavy atom. The molecule has 1 fully saturated rings. The van der Waals surface area contributed by atoms with E-state index in [4.69, 9.17) is 0 Å². The molecular weight excluding hydrogens is 294 g/mol. The SMILES string of the molecule is CCNC(=O)CN=C(NCC)N1CCN(c2ncccn2)CC1. The molecule has 0 radical (unpaired) electrons. The molecule has 2 N–H and O–H groups in total. The number of nitrogens with zero attached hydrogens (tertiary/aromatic N) is 5. The zero-order valence-electron chi connectivity index (χ0n) is 13.8. The predicted octanol–water partition coefficient (Wildman–Crippen LogP) is -0.300. The highest BCUT2D eigenvalue weighted by Gasteiger charge is 2.21. The van der Waals surface area contributed by atoms with E-state index in [9.17, 15) is 4.79 Å². The van der Waals surface area contributed by atoms with Crippen LogP contribution < -0.4 is 15.5 Å². The summed E-state index contributed by atoms with van der Waals surface area (Å²) in [4.78, 5) is 28.9. The smallest absolute Gasteiger partial charge is 0.241 e. The molecule has 1 aromatic heterocycles. The van der Waals surface area contributed by atoms with Crippen LogP contribution in [-0.4, -0.2) is 72.5 Å². The van der Waals surface area contributed by atoms with E-state index in [-0.39, 0.29) is 12.5 Å². The van der Waals surface area contributed by atoms with E-state index in [0.29, 0.717) is 6.54 Å². The minimum absolute atomic E-state index is 0.0563. The molecule has 1 aromatic rings. The first-order valence-corrected chi connectivity index (χ1v) is 8.06. The Morgan fingerprint density at radius 2 is 1.78 bits per heavy atom. The van der Waals surface area contributed by atoms with Gasteiger partial charge in [-0.15, -0.1) is 0 Å². The number of piperazine rings is 1. The van der Waals surface area contributed by atoms with Crippen molar-refractivity contribution in [3.63, 3.8) is 0 Å². The molecule has 1 aliphatic heterocycles. The summed E-state index contributed by atoms with van der Waals surface area (Å²) in [5.74, 6) is 1.49. The molecule has 8 heteroatoms. The molecule has 0 unspecified atom stereocenters. The molecular formula is C15H25N7O. The van der Waals surface area contributed by atoms with Crippen LogP contribution in [-0.2, 0) is 4.79 Å². The third-order valence-electron chi connectivity index (χ3n) is 3.50. The number of amides is 1. The van der Waals surface area contributed by atoms with E-state index < -0.39 is 0 Å². The van der Waals surface area contributed by atoms with E-state index in [2.05, 4.69) is 35.4 Å². The summed E-state index contributed by atoms with van der Waals surface area (Å²) >= 11 is 0. The number of hydrogen-bond acceptors (Lipinski definition) is 5. The quantitative estimate of drug-likeness (QED) is 0.572. The molecule has 0 bridgehead atoms. The Labute approximate surface area is 137 Å². The van der Waals surface area contributed by atoms with Gasteiger partial charge in [0, 0.05) is 51.7 Å². The topological polar surface area (TPSA) is 85.8 Å². The third-order valence-corrected chi connectivity index (χ3v) is 3.50. The number of anilines is 1. The van der Waals surface area contributed by atoms with Crippen molar-refractivity contribution in [2.45, 2.75) is 13.8 Å². The summed E-state index contributed by atoms with van der Waals surface area (Å²) in [6.45, 7) is 8.77. The van der Waals surface area contributed by atoms with E-state index in [1.54, 1.807) is 12.4 Å². The van der Waals surface area contributed by atoms with Gasteiger partial charge >= 0.3 is 0 Å². The van der Waals surface area contributed by atoms with Gasteiger partial charge in [0.15, 0.2) is 5.96 Å². The van der Waals surface area contributed by atoms with Crippen molar-refractivity contribution in [1.82, 2.24) is 25.5 Å². The maximum Gasteiger partial charge on any atom is 0.241 e. The largest absolute Gasteiger partial charge is 0.357 e. The molecule has 0 spiro atoms. The van der Waals surface area contributed by atoms with Crippen LogP contribution in [0.1, 0.15) is 13.8 Å². The average molecular weight is 319 g/mol. The molecule has 1 saturated heterocycles. The summed E-state index contributed by atoms with van der Waals surface area (Å²) in [5.41, 5.74) is 0. The van der Waals surface area contributed by atoms with E-state index in [1.807, 2.05) is 19.9 Å². The summed E-state index contributed by atoms with van der Waals surface area (Å²) in [7, 11) is 0. The predicted molar refractivity (Wildman–Crippen MR) is 90.5 cm³/mol. The van der Waals surface area contributed by atoms with Crippen molar-refractivity contribution in [1.29, 1.82) is 0 Å². The minimum Gasteiger partial charge on any atom is -0.357 e. The van der Waals surface area contributed by atoms with Gasteiger partial charge in [-0.1, -0.05) is 0 Å². The van der Waals surface area contributed by atoms with Gasteiger partial charge < -0.3 is 20.4 Å². The normalized spacial score (nSPS) is 15.5. The van der Waals surface area contributed by atoms with Gasteiger partial charge in [-0.2, -0.15) is 0 Å².